The topological polar surface area (TPSA) is 0 Å². The van der Waals surface area contributed by atoms with E-state index in [0.717, 1.165) is 0 Å². The van der Waals surface area contributed by atoms with E-state index in [0.29, 0.717) is 0 Å². The molecule has 0 atom stereocenters. The molecular formula is C24H25. The fourth-order valence-electron chi connectivity index (χ4n) is 3.97. The van der Waals surface area contributed by atoms with Gasteiger partial charge in [0.2, 0.25) is 0 Å². The van der Waals surface area contributed by atoms with E-state index >= 15 is 0 Å². The molecule has 0 heterocycles. The van der Waals surface area contributed by atoms with Crippen molar-refractivity contribution >= 4 is 0 Å². The first-order valence-electron chi connectivity index (χ1n) is 8.55. The van der Waals surface area contributed by atoms with Gasteiger partial charge in [0.15, 0.2) is 0 Å². The summed E-state index contributed by atoms with van der Waals surface area (Å²) in [5, 5.41) is 0. The molecule has 0 aliphatic carbocycles. The summed E-state index contributed by atoms with van der Waals surface area (Å²) in [6.45, 7) is 13.1. The fourth-order valence-corrected chi connectivity index (χ4v) is 3.97. The molecule has 3 aromatic rings. The van der Waals surface area contributed by atoms with Crippen molar-refractivity contribution < 1.29 is 0 Å². The minimum atomic E-state index is 1.18. The van der Waals surface area contributed by atoms with Gasteiger partial charge in [0.1, 0.15) is 0 Å². The first kappa shape index (κ1) is 16.5. The predicted octanol–water partition coefficient (Wildman–Crippen LogP) is 6.67. The minimum Gasteiger partial charge on any atom is -0.0610 e. The van der Waals surface area contributed by atoms with E-state index in [1.54, 1.807) is 0 Å². The summed E-state index contributed by atoms with van der Waals surface area (Å²) in [4.78, 5) is 0. The Bertz CT molecular complexity index is 794. The fraction of sp³-hybridized carbons (Fsp3) is 0.250. The second kappa shape index (κ2) is 6.28. The van der Waals surface area contributed by atoms with Crippen LogP contribution in [-0.2, 0) is 0 Å². The molecule has 0 N–H and O–H groups in total. The number of aryl methyl sites for hydroxylation is 6. The Labute approximate surface area is 146 Å². The Morgan fingerprint density at radius 3 is 1.21 bits per heavy atom. The van der Waals surface area contributed by atoms with Gasteiger partial charge in [0.25, 0.3) is 0 Å². The van der Waals surface area contributed by atoms with Gasteiger partial charge in [0.05, 0.1) is 0 Å². The molecule has 0 aliphatic heterocycles. The lowest BCUT2D eigenvalue weighted by atomic mass is 9.89. The zero-order valence-corrected chi connectivity index (χ0v) is 15.5. The summed E-state index contributed by atoms with van der Waals surface area (Å²) in [6, 6.07) is 19.2. The van der Waals surface area contributed by atoms with Gasteiger partial charge in [-0.25, -0.2) is 0 Å². The predicted molar refractivity (Wildman–Crippen MR) is 105 cm³/mol. The smallest absolute Gasteiger partial charge is 0.00139 e. The van der Waals surface area contributed by atoms with Crippen LogP contribution < -0.4 is 0 Å². The first-order chi connectivity index (χ1) is 11.4. The van der Waals surface area contributed by atoms with Gasteiger partial charge in [-0.1, -0.05) is 53.6 Å². The molecule has 0 saturated heterocycles. The lowest BCUT2D eigenvalue weighted by molar-refractivity contribution is 1.31. The van der Waals surface area contributed by atoms with Crippen molar-refractivity contribution in [2.24, 2.45) is 0 Å². The van der Waals surface area contributed by atoms with Gasteiger partial charge in [0, 0.05) is 0 Å². The highest BCUT2D eigenvalue weighted by atomic mass is 14.1. The van der Waals surface area contributed by atoms with Gasteiger partial charge in [-0.2, -0.15) is 0 Å². The molecule has 0 aromatic heterocycles. The molecule has 0 unspecified atom stereocenters. The molecule has 0 fully saturated rings. The molecule has 121 valence electrons. The molecule has 3 aromatic carbocycles. The third-order valence-corrected chi connectivity index (χ3v) is 4.69. The van der Waals surface area contributed by atoms with Crippen molar-refractivity contribution in [3.8, 4) is 22.3 Å². The van der Waals surface area contributed by atoms with Crippen LogP contribution in [0.5, 0.6) is 0 Å². The summed E-state index contributed by atoms with van der Waals surface area (Å²) in [5.74, 6) is 0. The maximum atomic E-state index is 3.68. The zero-order chi connectivity index (χ0) is 17.4. The van der Waals surface area contributed by atoms with Crippen LogP contribution in [0.2, 0.25) is 0 Å². The lowest BCUT2D eigenvalue weighted by Gasteiger charge is -2.15. The highest BCUT2D eigenvalue weighted by Gasteiger charge is 2.11. The molecule has 24 heavy (non-hydrogen) atoms. The molecule has 0 amide bonds. The number of benzene rings is 3. The maximum Gasteiger partial charge on any atom is -0.00139 e. The van der Waals surface area contributed by atoms with E-state index in [1.165, 1.54) is 55.6 Å². The van der Waals surface area contributed by atoms with Crippen LogP contribution in [0.15, 0.2) is 42.5 Å². The standard InChI is InChI=1S/C24H25/c1-15-10-17(3)23(18(4)11-15)21-8-7-9-22(14-21)24-19(5)12-16(2)13-20(24)6/h7-13H,1-6H3. The van der Waals surface area contributed by atoms with E-state index in [2.05, 4.69) is 90.1 Å². The zero-order valence-electron chi connectivity index (χ0n) is 15.5. The van der Waals surface area contributed by atoms with Gasteiger partial charge in [-0.3, -0.25) is 0 Å². The Morgan fingerprint density at radius 2 is 0.875 bits per heavy atom. The maximum absolute atomic E-state index is 3.68. The van der Waals surface area contributed by atoms with E-state index in [1.807, 2.05) is 0 Å². The summed E-state index contributed by atoms with van der Waals surface area (Å²) in [5.41, 5.74) is 12.9. The van der Waals surface area contributed by atoms with Crippen molar-refractivity contribution in [1.82, 2.24) is 0 Å². The SMILES string of the molecule is Cc1cc(C)c(-c2[c]c(-c3c(C)cc(C)cc3C)ccc2)c(C)c1. The molecule has 0 heteroatoms. The second-order valence-corrected chi connectivity index (χ2v) is 7.03. The monoisotopic (exact) mass is 313 g/mol. The third-order valence-electron chi connectivity index (χ3n) is 4.69. The lowest BCUT2D eigenvalue weighted by Crippen LogP contribution is -1.93. The van der Waals surface area contributed by atoms with Gasteiger partial charge >= 0.3 is 0 Å². The first-order valence-corrected chi connectivity index (χ1v) is 8.55. The summed E-state index contributed by atoms with van der Waals surface area (Å²) < 4.78 is 0. The Morgan fingerprint density at radius 1 is 0.542 bits per heavy atom. The van der Waals surface area contributed by atoms with Crippen molar-refractivity contribution in [2.75, 3.05) is 0 Å². The van der Waals surface area contributed by atoms with Crippen molar-refractivity contribution in [3.05, 3.63) is 81.9 Å². The van der Waals surface area contributed by atoms with E-state index in [9.17, 15) is 0 Å². The Kier molecular flexibility index (Phi) is 4.32. The molecule has 0 spiro atoms. The quantitative estimate of drug-likeness (QED) is 0.495. The van der Waals surface area contributed by atoms with Crippen LogP contribution in [0.25, 0.3) is 22.3 Å². The van der Waals surface area contributed by atoms with Crippen molar-refractivity contribution in [3.63, 3.8) is 0 Å². The molecule has 0 bridgehead atoms. The third kappa shape index (κ3) is 3.01. The van der Waals surface area contributed by atoms with Crippen LogP contribution in [0.1, 0.15) is 33.4 Å². The summed E-state index contributed by atoms with van der Waals surface area (Å²) in [7, 11) is 0. The number of rotatable bonds is 2. The van der Waals surface area contributed by atoms with Gasteiger partial charge in [-0.15, -0.1) is 0 Å². The highest BCUT2D eigenvalue weighted by molar-refractivity contribution is 5.78. The van der Waals surface area contributed by atoms with E-state index < -0.39 is 0 Å². The van der Waals surface area contributed by atoms with E-state index in [-0.39, 0.29) is 0 Å². The van der Waals surface area contributed by atoms with E-state index in [4.69, 9.17) is 0 Å². The van der Waals surface area contributed by atoms with Crippen LogP contribution in [0.4, 0.5) is 0 Å². The average Bonchev–Trinajstić information content (AvgIpc) is 2.45. The van der Waals surface area contributed by atoms with Crippen molar-refractivity contribution in [1.29, 1.82) is 0 Å². The Balaban J connectivity index is 2.19. The highest BCUT2D eigenvalue weighted by Crippen LogP contribution is 2.33. The number of hydrogen-bond donors (Lipinski definition) is 0. The Hall–Kier alpha value is -2.34. The van der Waals surface area contributed by atoms with Crippen molar-refractivity contribution in [2.45, 2.75) is 41.5 Å². The average molecular weight is 313 g/mol. The van der Waals surface area contributed by atoms with Crippen LogP contribution in [-0.4, -0.2) is 0 Å². The van der Waals surface area contributed by atoms with Crippen LogP contribution in [0.3, 0.4) is 0 Å². The summed E-state index contributed by atoms with van der Waals surface area (Å²) in [6.07, 6.45) is 0. The molecular weight excluding hydrogens is 288 g/mol. The molecule has 0 aliphatic rings. The molecule has 0 nitrogen and oxygen atoms in total. The molecule has 1 radical (unpaired) electrons. The second-order valence-electron chi connectivity index (χ2n) is 7.03. The van der Waals surface area contributed by atoms with Crippen LogP contribution >= 0.6 is 0 Å². The largest absolute Gasteiger partial charge is 0.0610 e. The molecule has 3 rings (SSSR count). The molecule has 0 saturated carbocycles. The normalized spacial score (nSPS) is 10.9. The van der Waals surface area contributed by atoms with Crippen LogP contribution in [0, 0.1) is 47.6 Å². The number of hydrogen-bond acceptors (Lipinski definition) is 0. The summed E-state index contributed by atoms with van der Waals surface area (Å²) >= 11 is 0. The minimum absolute atomic E-state index is 1.18. The van der Waals surface area contributed by atoms with Gasteiger partial charge in [-0.05, 0) is 92.1 Å². The van der Waals surface area contributed by atoms with Gasteiger partial charge < -0.3 is 0 Å².